The highest BCUT2D eigenvalue weighted by molar-refractivity contribution is 6.35. The average Bonchev–Trinajstić information content (AvgIpc) is 2.28. The molecule has 2 aromatic carbocycles. The Bertz CT molecular complexity index is 544. The highest BCUT2D eigenvalue weighted by Crippen LogP contribution is 2.21. The van der Waals surface area contributed by atoms with E-state index in [9.17, 15) is 4.79 Å². The fraction of sp³-hybridized carbons (Fsp3) is 0. The number of carbonyl (C=O) groups is 1. The van der Waals surface area contributed by atoms with Gasteiger partial charge >= 0.3 is 0 Å². The molecular formula is C13H9Cl2NO. The fourth-order valence-corrected chi connectivity index (χ4v) is 2.01. The van der Waals surface area contributed by atoms with Crippen LogP contribution in [0.3, 0.4) is 0 Å². The molecule has 0 amide bonds. The predicted octanol–water partition coefficient (Wildman–Crippen LogP) is 3.81. The summed E-state index contributed by atoms with van der Waals surface area (Å²) in [5.41, 5.74) is 7.19. The van der Waals surface area contributed by atoms with E-state index in [1.54, 1.807) is 42.5 Å². The van der Waals surface area contributed by atoms with E-state index in [1.165, 1.54) is 0 Å². The normalized spacial score (nSPS) is 10.2. The summed E-state index contributed by atoms with van der Waals surface area (Å²) < 4.78 is 0. The standard InChI is InChI=1S/C13H9Cl2NO/c14-10-5-9(6-11(15)7-10)13(17)8-1-3-12(16)4-2-8/h1-7H,16H2. The van der Waals surface area contributed by atoms with Crippen LogP contribution in [0.4, 0.5) is 5.69 Å². The molecule has 0 saturated carbocycles. The highest BCUT2D eigenvalue weighted by atomic mass is 35.5. The van der Waals surface area contributed by atoms with Crippen LogP contribution in [0.15, 0.2) is 42.5 Å². The van der Waals surface area contributed by atoms with Gasteiger partial charge in [0, 0.05) is 26.9 Å². The van der Waals surface area contributed by atoms with E-state index in [4.69, 9.17) is 28.9 Å². The van der Waals surface area contributed by atoms with Crippen molar-refractivity contribution in [3.05, 3.63) is 63.6 Å². The molecule has 2 aromatic rings. The third-order valence-electron chi connectivity index (χ3n) is 2.30. The molecule has 0 saturated heterocycles. The van der Waals surface area contributed by atoms with Crippen molar-refractivity contribution in [2.75, 3.05) is 5.73 Å². The van der Waals surface area contributed by atoms with Gasteiger partial charge in [0.05, 0.1) is 0 Å². The number of hydrogen-bond donors (Lipinski definition) is 1. The fourth-order valence-electron chi connectivity index (χ4n) is 1.49. The van der Waals surface area contributed by atoms with E-state index < -0.39 is 0 Å². The van der Waals surface area contributed by atoms with Crippen LogP contribution in [0, 0.1) is 0 Å². The molecule has 0 fully saturated rings. The van der Waals surface area contributed by atoms with E-state index in [-0.39, 0.29) is 5.78 Å². The number of hydrogen-bond acceptors (Lipinski definition) is 2. The van der Waals surface area contributed by atoms with Gasteiger partial charge in [-0.1, -0.05) is 23.2 Å². The summed E-state index contributed by atoms with van der Waals surface area (Å²) >= 11 is 11.7. The molecule has 0 aromatic heterocycles. The lowest BCUT2D eigenvalue weighted by molar-refractivity contribution is 0.103. The summed E-state index contributed by atoms with van der Waals surface area (Å²) in [6.07, 6.45) is 0. The molecular weight excluding hydrogens is 257 g/mol. The van der Waals surface area contributed by atoms with Gasteiger partial charge in [0.1, 0.15) is 0 Å². The minimum atomic E-state index is -0.130. The van der Waals surface area contributed by atoms with Gasteiger partial charge in [0.15, 0.2) is 5.78 Å². The van der Waals surface area contributed by atoms with Gasteiger partial charge < -0.3 is 5.73 Å². The first kappa shape index (κ1) is 12.0. The summed E-state index contributed by atoms with van der Waals surface area (Å²) in [4.78, 5) is 12.1. The summed E-state index contributed by atoms with van der Waals surface area (Å²) in [6, 6.07) is 11.5. The van der Waals surface area contributed by atoms with Gasteiger partial charge in [-0.3, -0.25) is 4.79 Å². The second-order valence-corrected chi connectivity index (χ2v) is 4.48. The van der Waals surface area contributed by atoms with Crippen LogP contribution in [0.25, 0.3) is 0 Å². The number of nitrogens with two attached hydrogens (primary N) is 1. The molecule has 0 unspecified atom stereocenters. The smallest absolute Gasteiger partial charge is 0.193 e. The summed E-state index contributed by atoms with van der Waals surface area (Å²) in [5.74, 6) is -0.130. The average molecular weight is 266 g/mol. The van der Waals surface area contributed by atoms with Crippen LogP contribution in [0.5, 0.6) is 0 Å². The maximum absolute atomic E-state index is 12.1. The maximum Gasteiger partial charge on any atom is 0.193 e. The molecule has 0 atom stereocenters. The first-order valence-corrected chi connectivity index (χ1v) is 5.68. The van der Waals surface area contributed by atoms with Gasteiger partial charge in [0.25, 0.3) is 0 Å². The third kappa shape index (κ3) is 2.78. The molecule has 0 radical (unpaired) electrons. The van der Waals surface area contributed by atoms with Crippen LogP contribution in [-0.2, 0) is 0 Å². The molecule has 0 aliphatic rings. The maximum atomic E-state index is 12.1. The van der Waals surface area contributed by atoms with Gasteiger partial charge in [-0.15, -0.1) is 0 Å². The van der Waals surface area contributed by atoms with Crippen molar-refractivity contribution in [2.24, 2.45) is 0 Å². The van der Waals surface area contributed by atoms with Crippen molar-refractivity contribution < 1.29 is 4.79 Å². The summed E-state index contributed by atoms with van der Waals surface area (Å²) in [7, 11) is 0. The third-order valence-corrected chi connectivity index (χ3v) is 2.73. The largest absolute Gasteiger partial charge is 0.399 e. The Balaban J connectivity index is 2.40. The van der Waals surface area contributed by atoms with Gasteiger partial charge in [-0.2, -0.15) is 0 Å². The molecule has 0 spiro atoms. The SMILES string of the molecule is Nc1ccc(C(=O)c2cc(Cl)cc(Cl)c2)cc1. The van der Waals surface area contributed by atoms with Gasteiger partial charge in [0.2, 0.25) is 0 Å². The number of rotatable bonds is 2. The van der Waals surface area contributed by atoms with Crippen LogP contribution < -0.4 is 5.73 Å². The minimum absolute atomic E-state index is 0.130. The lowest BCUT2D eigenvalue weighted by Crippen LogP contribution is -2.01. The molecule has 86 valence electrons. The summed E-state index contributed by atoms with van der Waals surface area (Å²) in [5, 5.41) is 0.882. The molecule has 17 heavy (non-hydrogen) atoms. The zero-order valence-electron chi connectivity index (χ0n) is 8.78. The number of nitrogen functional groups attached to an aromatic ring is 1. The van der Waals surface area contributed by atoms with Crippen molar-refractivity contribution in [3.8, 4) is 0 Å². The van der Waals surface area contributed by atoms with Crippen molar-refractivity contribution in [2.45, 2.75) is 0 Å². The Labute approximate surface area is 109 Å². The van der Waals surface area contributed by atoms with E-state index in [0.717, 1.165) is 0 Å². The minimum Gasteiger partial charge on any atom is -0.399 e. The zero-order chi connectivity index (χ0) is 12.4. The Hall–Kier alpha value is -1.51. The molecule has 0 aliphatic carbocycles. The van der Waals surface area contributed by atoms with Crippen LogP contribution >= 0.6 is 23.2 Å². The molecule has 0 bridgehead atoms. The second kappa shape index (κ2) is 4.78. The Morgan fingerprint density at radius 2 is 1.41 bits per heavy atom. The van der Waals surface area contributed by atoms with Gasteiger partial charge in [-0.25, -0.2) is 0 Å². The first-order chi connectivity index (χ1) is 8.06. The summed E-state index contributed by atoms with van der Waals surface area (Å²) in [6.45, 7) is 0. The van der Waals surface area contributed by atoms with E-state index in [1.807, 2.05) is 0 Å². The van der Waals surface area contributed by atoms with Crippen LogP contribution in [0.1, 0.15) is 15.9 Å². The monoisotopic (exact) mass is 265 g/mol. The Morgan fingerprint density at radius 3 is 1.94 bits per heavy atom. The van der Waals surface area contributed by atoms with Crippen LogP contribution in [0.2, 0.25) is 10.0 Å². The Kier molecular flexibility index (Phi) is 3.36. The van der Waals surface area contributed by atoms with E-state index >= 15 is 0 Å². The molecule has 0 heterocycles. The topological polar surface area (TPSA) is 43.1 Å². The molecule has 0 aliphatic heterocycles. The Morgan fingerprint density at radius 1 is 0.882 bits per heavy atom. The first-order valence-electron chi connectivity index (χ1n) is 4.92. The van der Waals surface area contributed by atoms with Crippen molar-refractivity contribution in [3.63, 3.8) is 0 Å². The quantitative estimate of drug-likeness (QED) is 0.663. The predicted molar refractivity (Wildman–Crippen MR) is 70.7 cm³/mol. The number of halogens is 2. The molecule has 2 N–H and O–H groups in total. The molecule has 2 nitrogen and oxygen atoms in total. The van der Waals surface area contributed by atoms with E-state index in [2.05, 4.69) is 0 Å². The van der Waals surface area contributed by atoms with Crippen molar-refractivity contribution in [1.82, 2.24) is 0 Å². The van der Waals surface area contributed by atoms with Crippen molar-refractivity contribution >= 4 is 34.7 Å². The lowest BCUT2D eigenvalue weighted by Gasteiger charge is -2.03. The van der Waals surface area contributed by atoms with Gasteiger partial charge in [-0.05, 0) is 42.5 Å². The second-order valence-electron chi connectivity index (χ2n) is 3.61. The zero-order valence-corrected chi connectivity index (χ0v) is 10.3. The van der Waals surface area contributed by atoms with E-state index in [0.29, 0.717) is 26.9 Å². The molecule has 4 heteroatoms. The number of anilines is 1. The molecule has 2 rings (SSSR count). The number of carbonyl (C=O) groups excluding carboxylic acids is 1. The highest BCUT2D eigenvalue weighted by Gasteiger charge is 2.10. The number of benzene rings is 2. The van der Waals surface area contributed by atoms with Crippen molar-refractivity contribution in [1.29, 1.82) is 0 Å². The number of ketones is 1. The van der Waals surface area contributed by atoms with Crippen LogP contribution in [-0.4, -0.2) is 5.78 Å². The lowest BCUT2D eigenvalue weighted by atomic mass is 10.0.